The molecule has 0 aromatic heterocycles. The van der Waals surface area contributed by atoms with Crippen molar-refractivity contribution in [2.75, 3.05) is 26.8 Å². The molecule has 1 aromatic rings. The van der Waals surface area contributed by atoms with Gasteiger partial charge >= 0.3 is 0 Å². The maximum Gasteiger partial charge on any atom is 0.225 e. The standard InChI is InChI=1S/C16H23NO3/c1-19-14-6-8-15(9-7-14)20-13-10-16(18)17-11-4-2-3-5-12-17/h6-9H,2-5,10-13H2,1H3. The molecule has 1 aliphatic rings. The van der Waals surface area contributed by atoms with E-state index in [1.54, 1.807) is 7.11 Å². The molecule has 4 heteroatoms. The molecular weight excluding hydrogens is 254 g/mol. The third-order valence-corrected chi connectivity index (χ3v) is 3.60. The van der Waals surface area contributed by atoms with Gasteiger partial charge in [0.25, 0.3) is 0 Å². The normalized spacial score (nSPS) is 15.6. The first-order valence-corrected chi connectivity index (χ1v) is 7.34. The molecule has 1 amide bonds. The average molecular weight is 277 g/mol. The van der Waals surface area contributed by atoms with Gasteiger partial charge in [0.05, 0.1) is 20.1 Å². The molecule has 0 atom stereocenters. The lowest BCUT2D eigenvalue weighted by Crippen LogP contribution is -2.32. The Bertz CT molecular complexity index is 408. The molecular formula is C16H23NO3. The molecule has 0 aliphatic carbocycles. The lowest BCUT2D eigenvalue weighted by atomic mass is 10.2. The lowest BCUT2D eigenvalue weighted by Gasteiger charge is -2.20. The van der Waals surface area contributed by atoms with Gasteiger partial charge in [0.1, 0.15) is 11.5 Å². The molecule has 0 radical (unpaired) electrons. The van der Waals surface area contributed by atoms with Crippen LogP contribution in [0.5, 0.6) is 11.5 Å². The number of benzene rings is 1. The third-order valence-electron chi connectivity index (χ3n) is 3.60. The van der Waals surface area contributed by atoms with Crippen molar-refractivity contribution in [3.05, 3.63) is 24.3 Å². The van der Waals surface area contributed by atoms with Gasteiger partial charge in [-0.25, -0.2) is 0 Å². The predicted octanol–water partition coefficient (Wildman–Crippen LogP) is 2.87. The fourth-order valence-electron chi connectivity index (χ4n) is 2.41. The summed E-state index contributed by atoms with van der Waals surface area (Å²) >= 11 is 0. The second kappa shape index (κ2) is 7.78. The summed E-state index contributed by atoms with van der Waals surface area (Å²) in [6.45, 7) is 2.24. The third kappa shape index (κ3) is 4.44. The molecule has 0 N–H and O–H groups in total. The summed E-state index contributed by atoms with van der Waals surface area (Å²) in [6, 6.07) is 7.42. The van der Waals surface area contributed by atoms with Gasteiger partial charge in [-0.3, -0.25) is 4.79 Å². The van der Waals surface area contributed by atoms with Crippen LogP contribution >= 0.6 is 0 Å². The molecule has 0 spiro atoms. The van der Waals surface area contributed by atoms with Crippen LogP contribution in [0.2, 0.25) is 0 Å². The van der Waals surface area contributed by atoms with Crippen molar-refractivity contribution in [1.29, 1.82) is 0 Å². The number of hydrogen-bond donors (Lipinski definition) is 0. The molecule has 4 nitrogen and oxygen atoms in total. The molecule has 0 bridgehead atoms. The Morgan fingerprint density at radius 2 is 1.65 bits per heavy atom. The van der Waals surface area contributed by atoms with Crippen molar-refractivity contribution in [1.82, 2.24) is 4.90 Å². The number of methoxy groups -OCH3 is 1. The van der Waals surface area contributed by atoms with Crippen LogP contribution in [0.25, 0.3) is 0 Å². The zero-order valence-electron chi connectivity index (χ0n) is 12.1. The number of likely N-dealkylation sites (tertiary alicyclic amines) is 1. The number of hydrogen-bond acceptors (Lipinski definition) is 3. The largest absolute Gasteiger partial charge is 0.497 e. The Labute approximate surface area is 120 Å². The first kappa shape index (κ1) is 14.7. The lowest BCUT2D eigenvalue weighted by molar-refractivity contribution is -0.131. The number of ether oxygens (including phenoxy) is 2. The van der Waals surface area contributed by atoms with E-state index in [9.17, 15) is 4.79 Å². The summed E-state index contributed by atoms with van der Waals surface area (Å²) in [5.74, 6) is 1.79. The quantitative estimate of drug-likeness (QED) is 0.830. The van der Waals surface area contributed by atoms with Gasteiger partial charge < -0.3 is 14.4 Å². The van der Waals surface area contributed by atoms with Crippen molar-refractivity contribution in [2.24, 2.45) is 0 Å². The zero-order valence-corrected chi connectivity index (χ0v) is 12.1. The summed E-state index contributed by atoms with van der Waals surface area (Å²) in [6.07, 6.45) is 5.19. The number of carbonyl (C=O) groups excluding carboxylic acids is 1. The number of amides is 1. The van der Waals surface area contributed by atoms with Crippen LogP contribution in [0, 0.1) is 0 Å². The highest BCUT2D eigenvalue weighted by molar-refractivity contribution is 5.76. The zero-order chi connectivity index (χ0) is 14.2. The Hall–Kier alpha value is -1.71. The van der Waals surface area contributed by atoms with Gasteiger partial charge in [-0.05, 0) is 37.1 Å². The number of nitrogens with zero attached hydrogens (tertiary/aromatic N) is 1. The molecule has 110 valence electrons. The van der Waals surface area contributed by atoms with Crippen molar-refractivity contribution < 1.29 is 14.3 Å². The van der Waals surface area contributed by atoms with E-state index in [0.29, 0.717) is 13.0 Å². The summed E-state index contributed by atoms with van der Waals surface area (Å²) in [5.41, 5.74) is 0. The SMILES string of the molecule is COc1ccc(OCCC(=O)N2CCCCCC2)cc1. The average Bonchev–Trinajstić information content (AvgIpc) is 2.77. The van der Waals surface area contributed by atoms with Gasteiger partial charge in [-0.2, -0.15) is 0 Å². The van der Waals surface area contributed by atoms with Gasteiger partial charge in [-0.1, -0.05) is 12.8 Å². The first-order chi connectivity index (χ1) is 9.79. The van der Waals surface area contributed by atoms with Gasteiger partial charge in [-0.15, -0.1) is 0 Å². The predicted molar refractivity (Wildman–Crippen MR) is 78.2 cm³/mol. The van der Waals surface area contributed by atoms with Crippen LogP contribution < -0.4 is 9.47 Å². The van der Waals surface area contributed by atoms with Crippen LogP contribution in [0.3, 0.4) is 0 Å². The highest BCUT2D eigenvalue weighted by Gasteiger charge is 2.15. The van der Waals surface area contributed by atoms with Crippen LogP contribution in [-0.2, 0) is 4.79 Å². The van der Waals surface area contributed by atoms with Crippen LogP contribution in [0.4, 0.5) is 0 Å². The monoisotopic (exact) mass is 277 g/mol. The second-order valence-corrected chi connectivity index (χ2v) is 5.07. The Morgan fingerprint density at radius 1 is 1.05 bits per heavy atom. The maximum absolute atomic E-state index is 12.1. The second-order valence-electron chi connectivity index (χ2n) is 5.07. The van der Waals surface area contributed by atoms with Gasteiger partial charge in [0.15, 0.2) is 0 Å². The van der Waals surface area contributed by atoms with E-state index in [1.807, 2.05) is 29.2 Å². The van der Waals surface area contributed by atoms with Crippen molar-refractivity contribution in [3.63, 3.8) is 0 Å². The smallest absolute Gasteiger partial charge is 0.225 e. The molecule has 2 rings (SSSR count). The molecule has 20 heavy (non-hydrogen) atoms. The molecule has 0 saturated carbocycles. The summed E-state index contributed by atoms with van der Waals surface area (Å²) in [4.78, 5) is 14.0. The molecule has 0 unspecified atom stereocenters. The topological polar surface area (TPSA) is 38.8 Å². The van der Waals surface area contributed by atoms with Crippen molar-refractivity contribution in [2.45, 2.75) is 32.1 Å². The molecule has 1 aromatic carbocycles. The minimum absolute atomic E-state index is 0.209. The van der Waals surface area contributed by atoms with Crippen molar-refractivity contribution in [3.8, 4) is 11.5 Å². The van der Waals surface area contributed by atoms with Crippen LogP contribution in [0.15, 0.2) is 24.3 Å². The van der Waals surface area contributed by atoms with E-state index >= 15 is 0 Å². The maximum atomic E-state index is 12.1. The minimum Gasteiger partial charge on any atom is -0.497 e. The molecule has 1 heterocycles. The Kier molecular flexibility index (Phi) is 5.71. The Balaban J connectivity index is 1.72. The molecule has 1 aliphatic heterocycles. The molecule has 1 fully saturated rings. The summed E-state index contributed by atoms with van der Waals surface area (Å²) in [7, 11) is 1.63. The van der Waals surface area contributed by atoms with Gasteiger partial charge in [0.2, 0.25) is 5.91 Å². The van der Waals surface area contributed by atoms with Gasteiger partial charge in [0, 0.05) is 13.1 Å². The summed E-state index contributed by atoms with van der Waals surface area (Å²) < 4.78 is 10.7. The van der Waals surface area contributed by atoms with E-state index in [4.69, 9.17) is 9.47 Å². The molecule has 1 saturated heterocycles. The van der Waals surface area contributed by atoms with E-state index in [1.165, 1.54) is 12.8 Å². The number of carbonyl (C=O) groups is 1. The van der Waals surface area contributed by atoms with E-state index < -0.39 is 0 Å². The van der Waals surface area contributed by atoms with Crippen LogP contribution in [-0.4, -0.2) is 37.6 Å². The number of rotatable bonds is 5. The van der Waals surface area contributed by atoms with E-state index in [2.05, 4.69) is 0 Å². The van der Waals surface area contributed by atoms with E-state index in [0.717, 1.165) is 37.4 Å². The van der Waals surface area contributed by atoms with Crippen molar-refractivity contribution >= 4 is 5.91 Å². The highest BCUT2D eigenvalue weighted by atomic mass is 16.5. The minimum atomic E-state index is 0.209. The highest BCUT2D eigenvalue weighted by Crippen LogP contribution is 2.17. The fraction of sp³-hybridized carbons (Fsp3) is 0.562. The first-order valence-electron chi connectivity index (χ1n) is 7.34. The summed E-state index contributed by atoms with van der Waals surface area (Å²) in [5, 5.41) is 0. The fourth-order valence-corrected chi connectivity index (χ4v) is 2.41. The Morgan fingerprint density at radius 3 is 2.25 bits per heavy atom. The van der Waals surface area contributed by atoms with Crippen LogP contribution in [0.1, 0.15) is 32.1 Å². The van der Waals surface area contributed by atoms with E-state index in [-0.39, 0.29) is 5.91 Å².